The Balaban J connectivity index is 2.56. The van der Waals surface area contributed by atoms with E-state index in [0.717, 1.165) is 0 Å². The number of nitrogens with one attached hydrogen (secondary N) is 3. The lowest BCUT2D eigenvalue weighted by Crippen LogP contribution is -2.28. The van der Waals surface area contributed by atoms with Crippen LogP contribution in [0.4, 0.5) is 17.1 Å². The lowest BCUT2D eigenvalue weighted by molar-refractivity contribution is -0.383. The molecule has 8 nitrogen and oxygen atoms in total. The average molecular weight is 296 g/mol. The molecule has 8 heteroatoms. The average Bonchev–Trinajstić information content (AvgIpc) is 2.47. The first-order chi connectivity index (χ1) is 10.1. The normalized spacial score (nSPS) is 10.0. The number of nitro benzene ring substituents is 1. The first-order valence-corrected chi connectivity index (χ1v) is 6.54. The van der Waals surface area contributed by atoms with E-state index in [2.05, 4.69) is 16.0 Å². The van der Waals surface area contributed by atoms with Crippen LogP contribution < -0.4 is 16.0 Å². The molecule has 1 rings (SSSR count). The molecule has 0 atom stereocenters. The van der Waals surface area contributed by atoms with Crippen molar-refractivity contribution >= 4 is 23.0 Å². The number of hydrogen-bond acceptors (Lipinski definition) is 6. The third-order valence-corrected chi connectivity index (χ3v) is 2.78. The Hall–Kier alpha value is -2.35. The van der Waals surface area contributed by atoms with Crippen molar-refractivity contribution in [3.05, 3.63) is 28.3 Å². The summed E-state index contributed by atoms with van der Waals surface area (Å²) in [5.74, 6) is -0.132. The second-order valence-corrected chi connectivity index (χ2v) is 4.23. The third-order valence-electron chi connectivity index (χ3n) is 2.78. The Labute approximate surface area is 123 Å². The van der Waals surface area contributed by atoms with Crippen LogP contribution in [-0.4, -0.2) is 44.7 Å². The number of rotatable bonds is 9. The molecular formula is C13H20N4O4. The van der Waals surface area contributed by atoms with Crippen LogP contribution in [0.15, 0.2) is 18.2 Å². The zero-order valence-electron chi connectivity index (χ0n) is 12.1. The second-order valence-electron chi connectivity index (χ2n) is 4.23. The van der Waals surface area contributed by atoms with E-state index in [9.17, 15) is 14.9 Å². The summed E-state index contributed by atoms with van der Waals surface area (Å²) in [5, 5.41) is 19.5. The molecule has 0 radical (unpaired) electrons. The maximum Gasteiger partial charge on any atom is 0.315 e. The SMILES string of the molecule is CNc1cccc(NCCC(=O)NCCOC)c1[N+](=O)[O-]. The molecule has 0 aliphatic rings. The Morgan fingerprint density at radius 3 is 2.67 bits per heavy atom. The molecule has 0 aromatic heterocycles. The van der Waals surface area contributed by atoms with E-state index in [0.29, 0.717) is 31.1 Å². The molecule has 3 N–H and O–H groups in total. The molecule has 0 aliphatic heterocycles. The van der Waals surface area contributed by atoms with Gasteiger partial charge in [0.1, 0.15) is 11.4 Å². The zero-order valence-corrected chi connectivity index (χ0v) is 12.1. The van der Waals surface area contributed by atoms with Gasteiger partial charge in [0.25, 0.3) is 0 Å². The molecule has 1 aromatic rings. The van der Waals surface area contributed by atoms with Crippen molar-refractivity contribution in [2.24, 2.45) is 0 Å². The van der Waals surface area contributed by atoms with Gasteiger partial charge in [-0.3, -0.25) is 14.9 Å². The number of anilines is 2. The number of carbonyl (C=O) groups is 1. The second kappa shape index (κ2) is 8.75. The predicted molar refractivity (Wildman–Crippen MR) is 80.6 cm³/mol. The maximum atomic E-state index is 11.5. The Bertz CT molecular complexity index is 493. The number of hydrogen-bond donors (Lipinski definition) is 3. The van der Waals surface area contributed by atoms with Crippen LogP contribution in [0.25, 0.3) is 0 Å². The highest BCUT2D eigenvalue weighted by Crippen LogP contribution is 2.32. The number of carbonyl (C=O) groups excluding carboxylic acids is 1. The smallest absolute Gasteiger partial charge is 0.315 e. The van der Waals surface area contributed by atoms with Crippen molar-refractivity contribution in [1.29, 1.82) is 0 Å². The van der Waals surface area contributed by atoms with Crippen molar-refractivity contribution in [3.63, 3.8) is 0 Å². The number of ether oxygens (including phenoxy) is 1. The van der Waals surface area contributed by atoms with Gasteiger partial charge >= 0.3 is 5.69 Å². The van der Waals surface area contributed by atoms with Gasteiger partial charge in [-0.1, -0.05) is 6.07 Å². The van der Waals surface area contributed by atoms with Gasteiger partial charge < -0.3 is 20.7 Å². The van der Waals surface area contributed by atoms with Gasteiger partial charge in [0, 0.05) is 33.7 Å². The van der Waals surface area contributed by atoms with Crippen LogP contribution in [0.3, 0.4) is 0 Å². The van der Waals surface area contributed by atoms with Crippen molar-refractivity contribution in [1.82, 2.24) is 5.32 Å². The largest absolute Gasteiger partial charge is 0.383 e. The molecule has 1 amide bonds. The highest BCUT2D eigenvalue weighted by Gasteiger charge is 2.18. The third kappa shape index (κ3) is 5.27. The number of nitrogens with zero attached hydrogens (tertiary/aromatic N) is 1. The lowest BCUT2D eigenvalue weighted by Gasteiger charge is -2.10. The fourth-order valence-electron chi connectivity index (χ4n) is 1.78. The summed E-state index contributed by atoms with van der Waals surface area (Å²) in [5.41, 5.74) is 0.783. The van der Waals surface area contributed by atoms with Crippen molar-refractivity contribution in [2.45, 2.75) is 6.42 Å². The minimum Gasteiger partial charge on any atom is -0.383 e. The van der Waals surface area contributed by atoms with Gasteiger partial charge in [-0.25, -0.2) is 0 Å². The minimum atomic E-state index is -0.452. The number of methoxy groups -OCH3 is 1. The maximum absolute atomic E-state index is 11.5. The minimum absolute atomic E-state index is 0.0280. The van der Waals surface area contributed by atoms with Crippen molar-refractivity contribution < 1.29 is 14.5 Å². The quantitative estimate of drug-likeness (QED) is 0.359. The number of para-hydroxylation sites is 1. The van der Waals surface area contributed by atoms with E-state index >= 15 is 0 Å². The Kier molecular flexibility index (Phi) is 6.96. The standard InChI is InChI=1S/C13H20N4O4/c1-14-10-4-3-5-11(13(10)17(19)20)15-7-6-12(18)16-8-9-21-2/h3-5,14-15H,6-9H2,1-2H3,(H,16,18). The summed E-state index contributed by atoms with van der Waals surface area (Å²) >= 11 is 0. The number of nitro groups is 1. The first-order valence-electron chi connectivity index (χ1n) is 6.54. The molecule has 1 aromatic carbocycles. The molecule has 0 saturated heterocycles. The molecule has 0 bridgehead atoms. The highest BCUT2D eigenvalue weighted by atomic mass is 16.6. The van der Waals surface area contributed by atoms with Gasteiger partial charge in [0.05, 0.1) is 11.5 Å². The van der Waals surface area contributed by atoms with Crippen molar-refractivity contribution in [3.8, 4) is 0 Å². The highest BCUT2D eigenvalue weighted by molar-refractivity contribution is 5.78. The zero-order chi connectivity index (χ0) is 15.7. The number of benzene rings is 1. The lowest BCUT2D eigenvalue weighted by atomic mass is 10.2. The van der Waals surface area contributed by atoms with E-state index < -0.39 is 4.92 Å². The van der Waals surface area contributed by atoms with Crippen LogP contribution in [0.1, 0.15) is 6.42 Å². The fourth-order valence-corrected chi connectivity index (χ4v) is 1.78. The summed E-state index contributed by atoms with van der Waals surface area (Å²) in [6.45, 7) is 1.21. The van der Waals surface area contributed by atoms with E-state index in [4.69, 9.17) is 4.74 Å². The molecule has 0 fully saturated rings. The predicted octanol–water partition coefficient (Wildman–Crippen LogP) is 1.20. The summed E-state index contributed by atoms with van der Waals surface area (Å²) in [7, 11) is 3.18. The van der Waals surface area contributed by atoms with Crippen LogP contribution in [-0.2, 0) is 9.53 Å². The van der Waals surface area contributed by atoms with E-state index in [-0.39, 0.29) is 18.0 Å². The monoisotopic (exact) mass is 296 g/mol. The van der Waals surface area contributed by atoms with Gasteiger partial charge in [-0.15, -0.1) is 0 Å². The van der Waals surface area contributed by atoms with Gasteiger partial charge in [0.2, 0.25) is 5.91 Å². The Morgan fingerprint density at radius 1 is 1.33 bits per heavy atom. The number of amides is 1. The van der Waals surface area contributed by atoms with Crippen LogP contribution in [0.5, 0.6) is 0 Å². The van der Waals surface area contributed by atoms with Crippen LogP contribution >= 0.6 is 0 Å². The summed E-state index contributed by atoms with van der Waals surface area (Å²) in [4.78, 5) is 22.2. The van der Waals surface area contributed by atoms with E-state index in [1.807, 2.05) is 0 Å². The van der Waals surface area contributed by atoms with Crippen molar-refractivity contribution in [2.75, 3.05) is 44.5 Å². The summed E-state index contributed by atoms with van der Waals surface area (Å²) in [6, 6.07) is 4.95. The van der Waals surface area contributed by atoms with E-state index in [1.165, 1.54) is 0 Å². The molecule has 0 heterocycles. The van der Waals surface area contributed by atoms with Crippen LogP contribution in [0, 0.1) is 10.1 Å². The molecule has 0 aliphatic carbocycles. The topological polar surface area (TPSA) is 106 Å². The Morgan fingerprint density at radius 2 is 2.05 bits per heavy atom. The van der Waals surface area contributed by atoms with Gasteiger partial charge in [0.15, 0.2) is 0 Å². The summed E-state index contributed by atoms with van der Waals surface area (Å²) in [6.07, 6.45) is 0.227. The van der Waals surface area contributed by atoms with Crippen LogP contribution in [0.2, 0.25) is 0 Å². The van der Waals surface area contributed by atoms with E-state index in [1.54, 1.807) is 32.4 Å². The van der Waals surface area contributed by atoms with Gasteiger partial charge in [-0.05, 0) is 12.1 Å². The molecule has 0 spiro atoms. The molecular weight excluding hydrogens is 276 g/mol. The molecule has 21 heavy (non-hydrogen) atoms. The first kappa shape index (κ1) is 16.7. The molecule has 116 valence electrons. The fraction of sp³-hybridized carbons (Fsp3) is 0.462. The van der Waals surface area contributed by atoms with Gasteiger partial charge in [-0.2, -0.15) is 0 Å². The molecule has 0 unspecified atom stereocenters. The summed E-state index contributed by atoms with van der Waals surface area (Å²) < 4.78 is 4.82. The molecule has 0 saturated carbocycles.